The fourth-order valence-corrected chi connectivity index (χ4v) is 3.10. The Balaban J connectivity index is 1.68. The van der Waals surface area contributed by atoms with E-state index in [-0.39, 0.29) is 22.7 Å². The Labute approximate surface area is 182 Å². The number of nitrogens with zero attached hydrogens (tertiary/aromatic N) is 4. The summed E-state index contributed by atoms with van der Waals surface area (Å²) in [5.74, 6) is -4.07. The van der Waals surface area contributed by atoms with Gasteiger partial charge in [0.25, 0.3) is 5.91 Å². The predicted octanol–water partition coefficient (Wildman–Crippen LogP) is 4.76. The van der Waals surface area contributed by atoms with Crippen LogP contribution in [0.25, 0.3) is 16.9 Å². The summed E-state index contributed by atoms with van der Waals surface area (Å²) in [7, 11) is 0. The average molecular weight is 463 g/mol. The summed E-state index contributed by atoms with van der Waals surface area (Å²) in [4.78, 5) is 23.7. The first-order valence-corrected chi connectivity index (χ1v) is 9.48. The second-order valence-corrected chi connectivity index (χ2v) is 6.69. The van der Waals surface area contributed by atoms with E-state index in [4.69, 9.17) is 4.74 Å². The van der Waals surface area contributed by atoms with E-state index in [1.807, 2.05) is 0 Å². The number of nitrogens with one attached hydrogen (secondary N) is 1. The number of carbonyl (C=O) groups is 1. The van der Waals surface area contributed by atoms with Gasteiger partial charge in [0.05, 0.1) is 35.6 Å². The summed E-state index contributed by atoms with van der Waals surface area (Å²) in [5.41, 5.74) is -0.281. The number of halogens is 5. The Bertz CT molecular complexity index is 1340. The van der Waals surface area contributed by atoms with E-state index in [0.29, 0.717) is 18.4 Å². The molecule has 0 radical (unpaired) electrons. The van der Waals surface area contributed by atoms with Crippen molar-refractivity contribution < 1.29 is 31.5 Å². The number of fused-ring (bicyclic) bond motifs is 1. The van der Waals surface area contributed by atoms with E-state index in [1.54, 1.807) is 6.92 Å². The third-order valence-corrected chi connectivity index (χ3v) is 4.48. The number of anilines is 1. The van der Waals surface area contributed by atoms with Crippen LogP contribution in [0.15, 0.2) is 48.8 Å². The van der Waals surface area contributed by atoms with Gasteiger partial charge in [-0.2, -0.15) is 13.2 Å². The minimum atomic E-state index is -4.79. The van der Waals surface area contributed by atoms with Crippen molar-refractivity contribution in [2.45, 2.75) is 13.1 Å². The molecule has 1 amide bonds. The SMILES string of the molecule is CCOc1ccc2c(c1)nc(C(F)(F)F)n2-c1cnc(NC(=O)c2ccc(F)cc2F)cn1. The summed E-state index contributed by atoms with van der Waals surface area (Å²) in [6.45, 7) is 2.07. The van der Waals surface area contributed by atoms with Gasteiger partial charge in [-0.3, -0.25) is 9.36 Å². The minimum absolute atomic E-state index is 0.0410. The number of benzene rings is 2. The molecule has 0 aliphatic carbocycles. The van der Waals surface area contributed by atoms with Crippen molar-refractivity contribution in [3.05, 3.63) is 71.8 Å². The molecule has 0 fully saturated rings. The van der Waals surface area contributed by atoms with Gasteiger partial charge >= 0.3 is 6.18 Å². The highest BCUT2D eigenvalue weighted by molar-refractivity contribution is 6.03. The Morgan fingerprint density at radius 1 is 1.09 bits per heavy atom. The van der Waals surface area contributed by atoms with Crippen LogP contribution in [0.1, 0.15) is 23.1 Å². The molecule has 33 heavy (non-hydrogen) atoms. The number of carbonyl (C=O) groups excluding carboxylic acids is 1. The fourth-order valence-electron chi connectivity index (χ4n) is 3.10. The summed E-state index contributed by atoms with van der Waals surface area (Å²) in [6, 6.07) is 6.70. The summed E-state index contributed by atoms with van der Waals surface area (Å²) in [5, 5.41) is 2.26. The monoisotopic (exact) mass is 463 g/mol. The van der Waals surface area contributed by atoms with E-state index >= 15 is 0 Å². The van der Waals surface area contributed by atoms with Crippen LogP contribution in [-0.2, 0) is 6.18 Å². The number of amides is 1. The molecule has 1 N–H and O–H groups in total. The van der Waals surface area contributed by atoms with E-state index in [9.17, 15) is 26.7 Å². The molecule has 0 saturated carbocycles. The molecule has 7 nitrogen and oxygen atoms in total. The molecule has 0 unspecified atom stereocenters. The predicted molar refractivity (Wildman–Crippen MR) is 107 cm³/mol. The lowest BCUT2D eigenvalue weighted by molar-refractivity contribution is -0.145. The molecule has 2 heterocycles. The standard InChI is InChI=1S/C21H14F5N5O2/c1-2-33-12-4-6-16-15(8-12)29-20(21(24,25)26)31(16)18-10-27-17(9-28-18)30-19(32)13-5-3-11(22)7-14(13)23/h3-10H,2H2,1H3,(H,27,30,32). The Hall–Kier alpha value is -4.09. The first-order valence-electron chi connectivity index (χ1n) is 9.48. The zero-order valence-corrected chi connectivity index (χ0v) is 16.8. The molecule has 0 aliphatic rings. The van der Waals surface area contributed by atoms with Crippen molar-refractivity contribution in [3.63, 3.8) is 0 Å². The topological polar surface area (TPSA) is 81.9 Å². The maximum Gasteiger partial charge on any atom is 0.450 e. The molecule has 12 heteroatoms. The van der Waals surface area contributed by atoms with E-state index in [0.717, 1.165) is 29.1 Å². The van der Waals surface area contributed by atoms with Crippen LogP contribution in [0.2, 0.25) is 0 Å². The van der Waals surface area contributed by atoms with Gasteiger partial charge in [-0.05, 0) is 31.2 Å². The van der Waals surface area contributed by atoms with Crippen LogP contribution in [-0.4, -0.2) is 32.0 Å². The normalized spacial score (nSPS) is 11.6. The fraction of sp³-hybridized carbons (Fsp3) is 0.143. The molecule has 2 aromatic heterocycles. The highest BCUT2D eigenvalue weighted by Crippen LogP contribution is 2.34. The van der Waals surface area contributed by atoms with Gasteiger partial charge < -0.3 is 10.1 Å². The molecule has 0 aliphatic heterocycles. The second kappa shape index (κ2) is 8.45. The lowest BCUT2D eigenvalue weighted by Crippen LogP contribution is -2.17. The molecule has 170 valence electrons. The first kappa shape index (κ1) is 22.1. The quantitative estimate of drug-likeness (QED) is 0.432. The maximum absolute atomic E-state index is 13.8. The molecule has 4 rings (SSSR count). The molecule has 0 bridgehead atoms. The van der Waals surface area contributed by atoms with E-state index in [2.05, 4.69) is 20.3 Å². The van der Waals surface area contributed by atoms with Crippen molar-refractivity contribution in [2.24, 2.45) is 0 Å². The number of imidazole rings is 1. The van der Waals surface area contributed by atoms with Crippen molar-refractivity contribution in [2.75, 3.05) is 11.9 Å². The highest BCUT2D eigenvalue weighted by Gasteiger charge is 2.38. The Morgan fingerprint density at radius 3 is 2.52 bits per heavy atom. The van der Waals surface area contributed by atoms with Gasteiger partial charge in [0, 0.05) is 12.1 Å². The average Bonchev–Trinajstić information content (AvgIpc) is 3.14. The molecule has 0 saturated heterocycles. The van der Waals surface area contributed by atoms with Crippen LogP contribution < -0.4 is 10.1 Å². The van der Waals surface area contributed by atoms with Crippen LogP contribution in [0, 0.1) is 11.6 Å². The van der Waals surface area contributed by atoms with Crippen molar-refractivity contribution in [3.8, 4) is 11.6 Å². The maximum atomic E-state index is 13.8. The summed E-state index contributed by atoms with van der Waals surface area (Å²) >= 11 is 0. The van der Waals surface area contributed by atoms with Crippen LogP contribution in [0.3, 0.4) is 0 Å². The number of aromatic nitrogens is 4. The summed E-state index contributed by atoms with van der Waals surface area (Å²) in [6.07, 6.45) is -2.78. The molecular formula is C21H14F5N5O2. The highest BCUT2D eigenvalue weighted by atomic mass is 19.4. The smallest absolute Gasteiger partial charge is 0.450 e. The third-order valence-electron chi connectivity index (χ3n) is 4.48. The largest absolute Gasteiger partial charge is 0.494 e. The lowest BCUT2D eigenvalue weighted by atomic mass is 10.2. The van der Waals surface area contributed by atoms with Crippen LogP contribution in [0.4, 0.5) is 27.8 Å². The second-order valence-electron chi connectivity index (χ2n) is 6.69. The number of hydrogen-bond acceptors (Lipinski definition) is 5. The van der Waals surface area contributed by atoms with Gasteiger partial charge in [-0.15, -0.1) is 0 Å². The zero-order chi connectivity index (χ0) is 23.8. The molecule has 0 atom stereocenters. The van der Waals surface area contributed by atoms with Gasteiger partial charge in [-0.25, -0.2) is 23.7 Å². The van der Waals surface area contributed by atoms with Gasteiger partial charge in [0.2, 0.25) is 5.82 Å². The third kappa shape index (κ3) is 4.45. The van der Waals surface area contributed by atoms with Gasteiger partial charge in [0.1, 0.15) is 17.4 Å². The van der Waals surface area contributed by atoms with Gasteiger partial charge in [0.15, 0.2) is 11.6 Å². The van der Waals surface area contributed by atoms with Crippen LogP contribution >= 0.6 is 0 Å². The van der Waals surface area contributed by atoms with E-state index in [1.165, 1.54) is 18.2 Å². The zero-order valence-electron chi connectivity index (χ0n) is 16.8. The first-order chi connectivity index (χ1) is 15.7. The number of ether oxygens (including phenoxy) is 1. The molecule has 4 aromatic rings. The summed E-state index contributed by atoms with van der Waals surface area (Å²) < 4.78 is 73.8. The molecular weight excluding hydrogens is 449 g/mol. The Morgan fingerprint density at radius 2 is 1.88 bits per heavy atom. The van der Waals surface area contributed by atoms with Gasteiger partial charge in [-0.1, -0.05) is 0 Å². The van der Waals surface area contributed by atoms with Crippen LogP contribution in [0.5, 0.6) is 5.75 Å². The number of rotatable bonds is 5. The molecule has 0 spiro atoms. The minimum Gasteiger partial charge on any atom is -0.494 e. The number of alkyl halides is 3. The Kier molecular flexibility index (Phi) is 5.66. The van der Waals surface area contributed by atoms with Crippen molar-refractivity contribution >= 4 is 22.8 Å². The lowest BCUT2D eigenvalue weighted by Gasteiger charge is -2.11. The van der Waals surface area contributed by atoms with E-state index < -0.39 is 35.1 Å². The van der Waals surface area contributed by atoms with Crippen molar-refractivity contribution in [1.29, 1.82) is 0 Å². The van der Waals surface area contributed by atoms with Crippen molar-refractivity contribution in [1.82, 2.24) is 19.5 Å². The number of hydrogen-bond donors (Lipinski definition) is 1. The molecule has 2 aromatic carbocycles.